The lowest BCUT2D eigenvalue weighted by molar-refractivity contribution is 0.216. The van der Waals surface area contributed by atoms with Gasteiger partial charge in [0, 0.05) is 12.1 Å². The smallest absolute Gasteiger partial charge is 0.150 e. The van der Waals surface area contributed by atoms with Crippen LogP contribution in [0.25, 0.3) is 0 Å². The Hall–Kier alpha value is -1.81. The summed E-state index contributed by atoms with van der Waals surface area (Å²) in [5.41, 5.74) is 2.29. The summed E-state index contributed by atoms with van der Waals surface area (Å²) in [4.78, 5) is 2.46. The second-order valence-corrected chi connectivity index (χ2v) is 5.34. The Balaban J connectivity index is 1.74. The summed E-state index contributed by atoms with van der Waals surface area (Å²) in [6, 6.07) is 10.9. The monoisotopic (exact) mass is 272 g/mol. The Morgan fingerprint density at radius 2 is 2.15 bits per heavy atom. The van der Waals surface area contributed by atoms with Gasteiger partial charge in [-0.25, -0.2) is 0 Å². The Labute approximate surface area is 119 Å². The Morgan fingerprint density at radius 3 is 2.80 bits per heavy atom. The van der Waals surface area contributed by atoms with E-state index in [1.165, 1.54) is 18.4 Å². The predicted octanol–water partition coefficient (Wildman–Crippen LogP) is 3.33. The fourth-order valence-electron chi connectivity index (χ4n) is 2.91. The zero-order valence-electron chi connectivity index (χ0n) is 12.0. The van der Waals surface area contributed by atoms with E-state index in [9.17, 15) is 0 Å². The molecule has 1 atom stereocenters. The normalized spacial score (nSPS) is 19.4. The minimum Gasteiger partial charge on any atom is -0.497 e. The predicted molar refractivity (Wildman–Crippen MR) is 76.6 cm³/mol. The van der Waals surface area contributed by atoms with Crippen LogP contribution in [-0.4, -0.2) is 23.7 Å². The van der Waals surface area contributed by atoms with E-state index in [2.05, 4.69) is 22.2 Å². The largest absolute Gasteiger partial charge is 0.497 e. The quantitative estimate of drug-likeness (QED) is 0.855. The lowest BCUT2D eigenvalue weighted by Gasteiger charge is -2.23. The Morgan fingerprint density at radius 1 is 1.35 bits per heavy atom. The number of likely N-dealkylation sites (tertiary alicyclic amines) is 1. The zero-order valence-corrected chi connectivity index (χ0v) is 12.0. The summed E-state index contributed by atoms with van der Waals surface area (Å²) < 4.78 is 10.6. The molecule has 4 nitrogen and oxygen atoms in total. The van der Waals surface area contributed by atoms with Crippen molar-refractivity contribution in [2.45, 2.75) is 32.4 Å². The molecule has 0 spiro atoms. The van der Waals surface area contributed by atoms with Gasteiger partial charge in [0.05, 0.1) is 19.3 Å². The zero-order chi connectivity index (χ0) is 13.9. The van der Waals surface area contributed by atoms with E-state index in [1.807, 2.05) is 25.1 Å². The molecule has 1 unspecified atom stereocenters. The number of nitrogens with zero attached hydrogens (tertiary/aromatic N) is 2. The number of aryl methyl sites for hydroxylation is 1. The molecule has 1 aromatic heterocycles. The molecule has 0 N–H and O–H groups in total. The molecule has 0 aliphatic carbocycles. The molecule has 0 amide bonds. The number of hydrogen-bond acceptors (Lipinski definition) is 4. The van der Waals surface area contributed by atoms with Gasteiger partial charge < -0.3 is 9.26 Å². The number of rotatable bonds is 4. The van der Waals surface area contributed by atoms with Crippen LogP contribution < -0.4 is 4.74 Å². The number of hydrogen-bond donors (Lipinski definition) is 0. The number of ether oxygens (including phenoxy) is 1. The highest BCUT2D eigenvalue weighted by Crippen LogP contribution is 2.33. The molecule has 0 bridgehead atoms. The van der Waals surface area contributed by atoms with E-state index in [4.69, 9.17) is 9.26 Å². The van der Waals surface area contributed by atoms with Gasteiger partial charge >= 0.3 is 0 Å². The van der Waals surface area contributed by atoms with E-state index < -0.39 is 0 Å². The fourth-order valence-corrected chi connectivity index (χ4v) is 2.91. The second kappa shape index (κ2) is 5.67. The highest BCUT2D eigenvalue weighted by Gasteiger charge is 2.26. The molecule has 1 aliphatic heterocycles. The molecule has 2 heterocycles. The van der Waals surface area contributed by atoms with Crippen molar-refractivity contribution in [1.82, 2.24) is 10.1 Å². The van der Waals surface area contributed by atoms with Crippen LogP contribution in [0.15, 0.2) is 34.9 Å². The van der Waals surface area contributed by atoms with E-state index in [0.29, 0.717) is 6.04 Å². The molecule has 1 fully saturated rings. The van der Waals surface area contributed by atoms with Gasteiger partial charge in [-0.3, -0.25) is 4.90 Å². The first kappa shape index (κ1) is 13.2. The Kier molecular flexibility index (Phi) is 3.74. The molecule has 1 aromatic carbocycles. The molecule has 0 radical (unpaired) electrons. The van der Waals surface area contributed by atoms with Gasteiger partial charge in [-0.15, -0.1) is 0 Å². The van der Waals surface area contributed by atoms with Gasteiger partial charge in [0.2, 0.25) is 0 Å². The molecule has 2 aromatic rings. The average Bonchev–Trinajstić information content (AvgIpc) is 3.09. The second-order valence-electron chi connectivity index (χ2n) is 5.34. The molecule has 4 heteroatoms. The number of benzene rings is 1. The molecular weight excluding hydrogens is 252 g/mol. The van der Waals surface area contributed by atoms with Crippen LogP contribution in [0.1, 0.15) is 35.9 Å². The summed E-state index contributed by atoms with van der Waals surface area (Å²) in [6.07, 6.45) is 2.42. The van der Waals surface area contributed by atoms with Gasteiger partial charge in [-0.05, 0) is 44.0 Å². The summed E-state index contributed by atoms with van der Waals surface area (Å²) in [5, 5.41) is 3.96. The Bertz CT molecular complexity index is 562. The first-order valence-electron chi connectivity index (χ1n) is 7.06. The fraction of sp³-hybridized carbons (Fsp3) is 0.438. The van der Waals surface area contributed by atoms with Gasteiger partial charge in [0.15, 0.2) is 5.76 Å². The van der Waals surface area contributed by atoms with Gasteiger partial charge in [-0.2, -0.15) is 0 Å². The van der Waals surface area contributed by atoms with Gasteiger partial charge in [-0.1, -0.05) is 17.3 Å². The average molecular weight is 272 g/mol. The SMILES string of the molecule is COc1ccc(C2CCCN2Cc2cc(C)no2)cc1. The van der Waals surface area contributed by atoms with Crippen LogP contribution in [0.2, 0.25) is 0 Å². The third-order valence-corrected chi connectivity index (χ3v) is 3.90. The van der Waals surface area contributed by atoms with Crippen molar-refractivity contribution in [3.05, 3.63) is 47.3 Å². The summed E-state index contributed by atoms with van der Waals surface area (Å²) in [7, 11) is 1.70. The van der Waals surface area contributed by atoms with Crippen LogP contribution in [0.3, 0.4) is 0 Å². The van der Waals surface area contributed by atoms with Gasteiger partial charge in [0.1, 0.15) is 5.75 Å². The van der Waals surface area contributed by atoms with E-state index in [0.717, 1.165) is 30.3 Å². The van der Waals surface area contributed by atoms with Crippen molar-refractivity contribution in [1.29, 1.82) is 0 Å². The number of methoxy groups -OCH3 is 1. The van der Waals surface area contributed by atoms with Gasteiger partial charge in [0.25, 0.3) is 0 Å². The van der Waals surface area contributed by atoms with Crippen molar-refractivity contribution < 1.29 is 9.26 Å². The minimum absolute atomic E-state index is 0.464. The topological polar surface area (TPSA) is 38.5 Å². The van der Waals surface area contributed by atoms with Crippen LogP contribution in [-0.2, 0) is 6.54 Å². The molecule has 20 heavy (non-hydrogen) atoms. The summed E-state index contributed by atoms with van der Waals surface area (Å²) >= 11 is 0. The van der Waals surface area contributed by atoms with Crippen molar-refractivity contribution in [2.24, 2.45) is 0 Å². The first-order valence-corrected chi connectivity index (χ1v) is 7.06. The molecule has 106 valence electrons. The maximum absolute atomic E-state index is 5.34. The van der Waals surface area contributed by atoms with E-state index in [1.54, 1.807) is 7.11 Å². The lowest BCUT2D eigenvalue weighted by Crippen LogP contribution is -2.22. The highest BCUT2D eigenvalue weighted by atomic mass is 16.5. The van der Waals surface area contributed by atoms with Crippen molar-refractivity contribution >= 4 is 0 Å². The summed E-state index contributed by atoms with van der Waals surface area (Å²) in [5.74, 6) is 1.85. The van der Waals surface area contributed by atoms with Crippen molar-refractivity contribution in [2.75, 3.05) is 13.7 Å². The molecule has 3 rings (SSSR count). The van der Waals surface area contributed by atoms with Crippen LogP contribution in [0.5, 0.6) is 5.75 Å². The van der Waals surface area contributed by atoms with E-state index in [-0.39, 0.29) is 0 Å². The van der Waals surface area contributed by atoms with Crippen molar-refractivity contribution in [3.63, 3.8) is 0 Å². The maximum atomic E-state index is 5.34. The van der Waals surface area contributed by atoms with Crippen LogP contribution >= 0.6 is 0 Å². The molecule has 1 aliphatic rings. The highest BCUT2D eigenvalue weighted by molar-refractivity contribution is 5.29. The van der Waals surface area contributed by atoms with Crippen LogP contribution in [0, 0.1) is 6.92 Å². The lowest BCUT2D eigenvalue weighted by atomic mass is 10.0. The standard InChI is InChI=1S/C16H20N2O2/c1-12-10-15(20-17-12)11-18-9-3-4-16(18)13-5-7-14(19-2)8-6-13/h5-8,10,16H,3-4,9,11H2,1-2H3. The molecule has 0 saturated carbocycles. The minimum atomic E-state index is 0.464. The first-order chi connectivity index (χ1) is 9.76. The molecular formula is C16H20N2O2. The van der Waals surface area contributed by atoms with E-state index >= 15 is 0 Å². The third-order valence-electron chi connectivity index (χ3n) is 3.90. The molecule has 1 saturated heterocycles. The number of aromatic nitrogens is 1. The summed E-state index contributed by atoms with van der Waals surface area (Å²) in [6.45, 7) is 3.89. The van der Waals surface area contributed by atoms with Crippen molar-refractivity contribution in [3.8, 4) is 5.75 Å². The third kappa shape index (κ3) is 2.70. The maximum Gasteiger partial charge on any atom is 0.150 e. The van der Waals surface area contributed by atoms with Crippen LogP contribution in [0.4, 0.5) is 0 Å².